The van der Waals surface area contributed by atoms with Crippen LogP contribution < -0.4 is 9.47 Å². The van der Waals surface area contributed by atoms with E-state index in [1.807, 2.05) is 0 Å². The average molecular weight is 394 g/mol. The Labute approximate surface area is 174 Å². The first-order valence-corrected chi connectivity index (χ1v) is 10.5. The zero-order valence-electron chi connectivity index (χ0n) is 17.7. The molecular formula is C25H31NO3. The maximum absolute atomic E-state index is 6.23. The first kappa shape index (κ1) is 20.0. The Balaban J connectivity index is 1.42. The van der Waals surface area contributed by atoms with E-state index >= 15 is 0 Å². The monoisotopic (exact) mass is 393 g/mol. The molecule has 0 spiro atoms. The van der Waals surface area contributed by atoms with Gasteiger partial charge in [0.15, 0.2) is 11.5 Å². The summed E-state index contributed by atoms with van der Waals surface area (Å²) in [6.45, 7) is 6.10. The number of benzene rings is 2. The number of methoxy groups -OCH3 is 2. The summed E-state index contributed by atoms with van der Waals surface area (Å²) in [5.41, 5.74) is 5.39. The van der Waals surface area contributed by atoms with Gasteiger partial charge in [-0.05, 0) is 47.2 Å². The standard InChI is InChI=1S/C25H31NO3/c1-18-17-29-23(22-16-25(28-3)24(27-2)15-21(18)22)11-14-26-12-9-20(10-13-26)19-7-5-4-6-8-19/h4-9,15-16,18,23H,10-14,17H2,1-3H3. The second kappa shape index (κ2) is 9.02. The van der Waals surface area contributed by atoms with Gasteiger partial charge in [0.05, 0.1) is 26.9 Å². The molecule has 2 atom stereocenters. The highest BCUT2D eigenvalue weighted by atomic mass is 16.5. The molecular weight excluding hydrogens is 362 g/mol. The summed E-state index contributed by atoms with van der Waals surface area (Å²) in [5, 5.41) is 0. The normalized spacial score (nSPS) is 22.0. The van der Waals surface area contributed by atoms with Gasteiger partial charge in [-0.25, -0.2) is 0 Å². The lowest BCUT2D eigenvalue weighted by Gasteiger charge is -2.33. The van der Waals surface area contributed by atoms with E-state index in [1.165, 1.54) is 22.3 Å². The van der Waals surface area contributed by atoms with Crippen LogP contribution in [0.25, 0.3) is 5.57 Å². The average Bonchev–Trinajstić information content (AvgIpc) is 2.79. The van der Waals surface area contributed by atoms with Gasteiger partial charge in [0.2, 0.25) is 0 Å². The maximum atomic E-state index is 6.23. The van der Waals surface area contributed by atoms with Crippen LogP contribution in [0.2, 0.25) is 0 Å². The molecule has 0 radical (unpaired) electrons. The van der Waals surface area contributed by atoms with E-state index in [1.54, 1.807) is 14.2 Å². The lowest BCUT2D eigenvalue weighted by atomic mass is 9.88. The van der Waals surface area contributed by atoms with Crippen LogP contribution in [0.5, 0.6) is 11.5 Å². The summed E-state index contributed by atoms with van der Waals surface area (Å²) in [7, 11) is 3.38. The van der Waals surface area contributed by atoms with Crippen molar-refractivity contribution in [1.82, 2.24) is 4.90 Å². The lowest BCUT2D eigenvalue weighted by Crippen LogP contribution is -2.31. The highest BCUT2D eigenvalue weighted by Gasteiger charge is 2.28. The number of fused-ring (bicyclic) bond motifs is 1. The molecule has 4 heteroatoms. The Hall–Kier alpha value is -2.30. The van der Waals surface area contributed by atoms with Crippen LogP contribution in [0.4, 0.5) is 0 Å². The number of rotatable bonds is 6. The summed E-state index contributed by atoms with van der Waals surface area (Å²) in [4.78, 5) is 2.52. The molecule has 2 aliphatic heterocycles. The molecule has 2 heterocycles. The topological polar surface area (TPSA) is 30.9 Å². The molecule has 2 aromatic rings. The van der Waals surface area contributed by atoms with Crippen LogP contribution in [0.1, 0.15) is 48.5 Å². The van der Waals surface area contributed by atoms with Crippen molar-refractivity contribution < 1.29 is 14.2 Å². The number of nitrogens with zero attached hydrogens (tertiary/aromatic N) is 1. The van der Waals surface area contributed by atoms with E-state index in [2.05, 4.69) is 60.4 Å². The predicted molar refractivity (Wildman–Crippen MR) is 117 cm³/mol. The second-order valence-corrected chi connectivity index (χ2v) is 7.99. The zero-order chi connectivity index (χ0) is 20.2. The van der Waals surface area contributed by atoms with Gasteiger partial charge >= 0.3 is 0 Å². The van der Waals surface area contributed by atoms with Gasteiger partial charge in [-0.15, -0.1) is 0 Å². The molecule has 0 amide bonds. The van der Waals surface area contributed by atoms with Gasteiger partial charge in [-0.3, -0.25) is 4.90 Å². The summed E-state index contributed by atoms with van der Waals surface area (Å²) in [6, 6.07) is 15.0. The Kier molecular flexibility index (Phi) is 6.22. The molecule has 2 aromatic carbocycles. The van der Waals surface area contributed by atoms with Crippen molar-refractivity contribution >= 4 is 5.57 Å². The number of hydrogen-bond acceptors (Lipinski definition) is 4. The molecule has 4 rings (SSSR count). The van der Waals surface area contributed by atoms with E-state index in [-0.39, 0.29) is 6.10 Å². The largest absolute Gasteiger partial charge is 0.493 e. The van der Waals surface area contributed by atoms with Gasteiger partial charge in [-0.2, -0.15) is 0 Å². The molecule has 0 saturated heterocycles. The van der Waals surface area contributed by atoms with Crippen LogP contribution in [-0.2, 0) is 4.74 Å². The minimum atomic E-state index is 0.112. The summed E-state index contributed by atoms with van der Waals surface area (Å²) >= 11 is 0. The summed E-state index contributed by atoms with van der Waals surface area (Å²) in [6.07, 6.45) is 4.59. The first-order valence-electron chi connectivity index (χ1n) is 10.5. The fourth-order valence-corrected chi connectivity index (χ4v) is 4.42. The maximum Gasteiger partial charge on any atom is 0.161 e. The number of hydrogen-bond donors (Lipinski definition) is 0. The Morgan fingerprint density at radius 1 is 1.03 bits per heavy atom. The predicted octanol–water partition coefficient (Wildman–Crippen LogP) is 5.06. The van der Waals surface area contributed by atoms with Gasteiger partial charge in [-0.1, -0.05) is 43.3 Å². The third-order valence-corrected chi connectivity index (χ3v) is 6.16. The lowest BCUT2D eigenvalue weighted by molar-refractivity contribution is 0.0189. The fraction of sp³-hybridized carbons (Fsp3) is 0.440. The van der Waals surface area contributed by atoms with Crippen molar-refractivity contribution in [1.29, 1.82) is 0 Å². The first-order chi connectivity index (χ1) is 14.2. The van der Waals surface area contributed by atoms with Crippen LogP contribution in [-0.4, -0.2) is 45.4 Å². The highest BCUT2D eigenvalue weighted by Crippen LogP contribution is 2.42. The van der Waals surface area contributed by atoms with Crippen LogP contribution in [0, 0.1) is 0 Å². The Bertz CT molecular complexity index is 862. The quantitative estimate of drug-likeness (QED) is 0.687. The third kappa shape index (κ3) is 4.34. The fourth-order valence-electron chi connectivity index (χ4n) is 4.42. The van der Waals surface area contributed by atoms with Crippen molar-refractivity contribution in [2.75, 3.05) is 40.5 Å². The Morgan fingerprint density at radius 2 is 1.76 bits per heavy atom. The molecule has 2 unspecified atom stereocenters. The highest BCUT2D eigenvalue weighted by molar-refractivity contribution is 5.66. The van der Waals surface area contributed by atoms with E-state index in [0.717, 1.165) is 50.6 Å². The van der Waals surface area contributed by atoms with Crippen molar-refractivity contribution in [3.8, 4) is 11.5 Å². The molecule has 0 N–H and O–H groups in total. The van der Waals surface area contributed by atoms with E-state index < -0.39 is 0 Å². The van der Waals surface area contributed by atoms with Crippen molar-refractivity contribution in [3.05, 3.63) is 65.2 Å². The molecule has 0 aromatic heterocycles. The SMILES string of the molecule is COc1cc2c(cc1OC)C(CCN1CC=C(c3ccccc3)CC1)OCC2C. The van der Waals surface area contributed by atoms with E-state index in [9.17, 15) is 0 Å². The minimum absolute atomic E-state index is 0.112. The molecule has 0 saturated carbocycles. The smallest absolute Gasteiger partial charge is 0.161 e. The van der Waals surface area contributed by atoms with Crippen molar-refractivity contribution in [3.63, 3.8) is 0 Å². The van der Waals surface area contributed by atoms with Crippen LogP contribution in [0.15, 0.2) is 48.5 Å². The van der Waals surface area contributed by atoms with Gasteiger partial charge in [0.1, 0.15) is 0 Å². The molecule has 0 aliphatic carbocycles. The van der Waals surface area contributed by atoms with Crippen LogP contribution in [0.3, 0.4) is 0 Å². The molecule has 29 heavy (non-hydrogen) atoms. The molecule has 4 nitrogen and oxygen atoms in total. The molecule has 0 bridgehead atoms. The molecule has 0 fully saturated rings. The summed E-state index contributed by atoms with van der Waals surface area (Å²) < 4.78 is 17.3. The van der Waals surface area contributed by atoms with Crippen molar-refractivity contribution in [2.45, 2.75) is 31.8 Å². The summed E-state index contributed by atoms with van der Waals surface area (Å²) in [5.74, 6) is 1.95. The van der Waals surface area contributed by atoms with Gasteiger partial charge in [0, 0.05) is 25.6 Å². The zero-order valence-corrected chi connectivity index (χ0v) is 17.7. The minimum Gasteiger partial charge on any atom is -0.493 e. The van der Waals surface area contributed by atoms with Crippen molar-refractivity contribution in [2.24, 2.45) is 0 Å². The second-order valence-electron chi connectivity index (χ2n) is 7.99. The molecule has 2 aliphatic rings. The van der Waals surface area contributed by atoms with E-state index in [0.29, 0.717) is 5.92 Å². The molecule has 154 valence electrons. The third-order valence-electron chi connectivity index (χ3n) is 6.16. The van der Waals surface area contributed by atoms with Gasteiger partial charge in [0.25, 0.3) is 0 Å². The number of ether oxygens (including phenoxy) is 3. The Morgan fingerprint density at radius 3 is 2.41 bits per heavy atom. The van der Waals surface area contributed by atoms with Gasteiger partial charge < -0.3 is 14.2 Å². The van der Waals surface area contributed by atoms with Crippen LogP contribution >= 0.6 is 0 Å². The van der Waals surface area contributed by atoms with E-state index in [4.69, 9.17) is 14.2 Å².